The van der Waals surface area contributed by atoms with Gasteiger partial charge in [0.15, 0.2) is 0 Å². The zero-order chi connectivity index (χ0) is 23.5. The number of unbranched alkanes of at least 4 members (excludes halogenated alkanes) is 2. The van der Waals surface area contributed by atoms with Crippen molar-refractivity contribution in [2.75, 3.05) is 13.2 Å². The summed E-state index contributed by atoms with van der Waals surface area (Å²) >= 11 is 3.66. The third-order valence-electron chi connectivity index (χ3n) is 5.24. The minimum Gasteiger partial charge on any atom is -0.370 e. The Bertz CT molecular complexity index is 1070. The summed E-state index contributed by atoms with van der Waals surface area (Å²) in [5, 5.41) is 2.84. The zero-order valence-electron chi connectivity index (χ0n) is 18.6. The van der Waals surface area contributed by atoms with Gasteiger partial charge in [-0.15, -0.1) is 0 Å². The summed E-state index contributed by atoms with van der Waals surface area (Å²) in [5.41, 5.74) is 10.6. The van der Waals surface area contributed by atoms with E-state index in [-0.39, 0.29) is 18.4 Å². The maximum Gasteiger partial charge on any atom is 0.246 e. The SMILES string of the molecule is NC(=O)CCCCCNC(=O)COCc1ccc(Br)c(-c2cccc(-c3ccccc3)c2)c1. The molecule has 0 aromatic heterocycles. The van der Waals surface area contributed by atoms with Gasteiger partial charge in [0.1, 0.15) is 6.61 Å². The topological polar surface area (TPSA) is 81.4 Å². The first-order valence-corrected chi connectivity index (χ1v) is 11.9. The number of benzene rings is 3. The first kappa shape index (κ1) is 24.7. The van der Waals surface area contributed by atoms with E-state index in [1.165, 1.54) is 5.56 Å². The first-order chi connectivity index (χ1) is 16.0. The van der Waals surface area contributed by atoms with Crippen molar-refractivity contribution in [3.63, 3.8) is 0 Å². The highest BCUT2D eigenvalue weighted by Crippen LogP contribution is 2.32. The second kappa shape index (κ2) is 12.9. The number of hydrogen-bond acceptors (Lipinski definition) is 3. The number of primary amides is 1. The van der Waals surface area contributed by atoms with Gasteiger partial charge in [0.2, 0.25) is 11.8 Å². The maximum atomic E-state index is 12.0. The Labute approximate surface area is 203 Å². The quantitative estimate of drug-likeness (QED) is 0.318. The van der Waals surface area contributed by atoms with Crippen molar-refractivity contribution < 1.29 is 14.3 Å². The monoisotopic (exact) mass is 508 g/mol. The van der Waals surface area contributed by atoms with Gasteiger partial charge >= 0.3 is 0 Å². The molecule has 33 heavy (non-hydrogen) atoms. The Kier molecular flexibility index (Phi) is 9.66. The van der Waals surface area contributed by atoms with Crippen LogP contribution in [-0.4, -0.2) is 25.0 Å². The molecule has 0 aliphatic carbocycles. The first-order valence-electron chi connectivity index (χ1n) is 11.1. The smallest absolute Gasteiger partial charge is 0.246 e. The van der Waals surface area contributed by atoms with Crippen molar-refractivity contribution in [3.05, 3.63) is 82.8 Å². The van der Waals surface area contributed by atoms with Gasteiger partial charge in [-0.25, -0.2) is 0 Å². The largest absolute Gasteiger partial charge is 0.370 e. The number of nitrogens with one attached hydrogen (secondary N) is 1. The lowest BCUT2D eigenvalue weighted by Gasteiger charge is -2.11. The van der Waals surface area contributed by atoms with E-state index in [9.17, 15) is 9.59 Å². The van der Waals surface area contributed by atoms with Crippen LogP contribution in [0.15, 0.2) is 77.3 Å². The highest BCUT2D eigenvalue weighted by Gasteiger charge is 2.08. The van der Waals surface area contributed by atoms with E-state index in [1.807, 2.05) is 30.3 Å². The van der Waals surface area contributed by atoms with Crippen LogP contribution in [0.4, 0.5) is 0 Å². The average molecular weight is 509 g/mol. The summed E-state index contributed by atoms with van der Waals surface area (Å²) in [7, 11) is 0. The summed E-state index contributed by atoms with van der Waals surface area (Å²) in [6, 6.07) is 24.8. The fourth-order valence-electron chi connectivity index (χ4n) is 3.52. The van der Waals surface area contributed by atoms with Crippen LogP contribution >= 0.6 is 15.9 Å². The van der Waals surface area contributed by atoms with Gasteiger partial charge in [-0.05, 0) is 58.9 Å². The molecule has 0 saturated carbocycles. The molecule has 0 aliphatic rings. The molecule has 3 rings (SSSR count). The van der Waals surface area contributed by atoms with Gasteiger partial charge in [-0.2, -0.15) is 0 Å². The van der Waals surface area contributed by atoms with Gasteiger partial charge in [-0.1, -0.05) is 76.9 Å². The molecule has 172 valence electrons. The standard InChI is InChI=1S/C27H29BrN2O3/c28-25-14-13-20(18-33-19-27(32)30-15-6-2-5-12-26(29)31)16-24(25)23-11-7-10-22(17-23)21-8-3-1-4-9-21/h1,3-4,7-11,13-14,16-17H,2,5-6,12,15,18-19H2,(H2,29,31)(H,30,32). The molecule has 0 spiro atoms. The molecular weight excluding hydrogens is 480 g/mol. The average Bonchev–Trinajstić information content (AvgIpc) is 2.83. The molecule has 0 aliphatic heterocycles. The van der Waals surface area contributed by atoms with Crippen LogP contribution in [0.5, 0.6) is 0 Å². The summed E-state index contributed by atoms with van der Waals surface area (Å²) in [6.45, 7) is 0.933. The number of nitrogens with two attached hydrogens (primary N) is 1. The van der Waals surface area contributed by atoms with Crippen LogP contribution in [0, 0.1) is 0 Å². The maximum absolute atomic E-state index is 12.0. The van der Waals surface area contributed by atoms with Crippen LogP contribution in [0.2, 0.25) is 0 Å². The van der Waals surface area contributed by atoms with Crippen LogP contribution in [-0.2, 0) is 20.9 Å². The van der Waals surface area contributed by atoms with E-state index in [0.717, 1.165) is 46.0 Å². The number of amides is 2. The molecule has 0 heterocycles. The van der Waals surface area contributed by atoms with Crippen LogP contribution in [0.25, 0.3) is 22.3 Å². The highest BCUT2D eigenvalue weighted by atomic mass is 79.9. The van der Waals surface area contributed by atoms with E-state index >= 15 is 0 Å². The van der Waals surface area contributed by atoms with E-state index in [2.05, 4.69) is 63.7 Å². The van der Waals surface area contributed by atoms with Crippen molar-refractivity contribution >= 4 is 27.7 Å². The van der Waals surface area contributed by atoms with Crippen molar-refractivity contribution in [2.45, 2.75) is 32.3 Å². The molecule has 0 bridgehead atoms. The summed E-state index contributed by atoms with van der Waals surface area (Å²) < 4.78 is 6.63. The Hall–Kier alpha value is -2.96. The predicted octanol–water partition coefficient (Wildman–Crippen LogP) is 5.46. The minimum atomic E-state index is -0.285. The third-order valence-corrected chi connectivity index (χ3v) is 5.93. The van der Waals surface area contributed by atoms with Crippen molar-refractivity contribution in [2.24, 2.45) is 5.73 Å². The molecular formula is C27H29BrN2O3. The van der Waals surface area contributed by atoms with E-state index in [4.69, 9.17) is 10.5 Å². The summed E-state index contributed by atoms with van der Waals surface area (Å²) in [5.74, 6) is -0.426. The molecule has 0 fully saturated rings. The zero-order valence-corrected chi connectivity index (χ0v) is 20.1. The van der Waals surface area contributed by atoms with E-state index in [0.29, 0.717) is 19.6 Å². The van der Waals surface area contributed by atoms with E-state index < -0.39 is 0 Å². The molecule has 5 nitrogen and oxygen atoms in total. The number of ether oxygens (including phenoxy) is 1. The fraction of sp³-hybridized carbons (Fsp3) is 0.259. The van der Waals surface area contributed by atoms with Crippen LogP contribution < -0.4 is 11.1 Å². The Morgan fingerprint density at radius 3 is 2.39 bits per heavy atom. The van der Waals surface area contributed by atoms with Crippen molar-refractivity contribution in [1.82, 2.24) is 5.32 Å². The number of carbonyl (C=O) groups is 2. The molecule has 0 saturated heterocycles. The number of rotatable bonds is 12. The second-order valence-corrected chi connectivity index (χ2v) is 8.74. The van der Waals surface area contributed by atoms with Crippen molar-refractivity contribution in [3.8, 4) is 22.3 Å². The highest BCUT2D eigenvalue weighted by molar-refractivity contribution is 9.10. The molecule has 2 amide bonds. The normalized spacial score (nSPS) is 10.7. The Morgan fingerprint density at radius 1 is 0.848 bits per heavy atom. The van der Waals surface area contributed by atoms with Crippen molar-refractivity contribution in [1.29, 1.82) is 0 Å². The van der Waals surface area contributed by atoms with Gasteiger partial charge < -0.3 is 15.8 Å². The lowest BCUT2D eigenvalue weighted by Crippen LogP contribution is -2.28. The third kappa shape index (κ3) is 8.15. The lowest BCUT2D eigenvalue weighted by molar-refractivity contribution is -0.126. The fourth-order valence-corrected chi connectivity index (χ4v) is 4.00. The minimum absolute atomic E-state index is 0.0101. The van der Waals surface area contributed by atoms with Gasteiger partial charge in [-0.3, -0.25) is 9.59 Å². The molecule has 0 atom stereocenters. The van der Waals surface area contributed by atoms with Gasteiger partial charge in [0, 0.05) is 17.4 Å². The van der Waals surface area contributed by atoms with Crippen LogP contribution in [0.3, 0.4) is 0 Å². The molecule has 3 aromatic rings. The Morgan fingerprint density at radius 2 is 1.61 bits per heavy atom. The molecule has 3 N–H and O–H groups in total. The molecule has 3 aromatic carbocycles. The number of halogens is 1. The number of carbonyl (C=O) groups excluding carboxylic acids is 2. The number of hydrogen-bond donors (Lipinski definition) is 2. The lowest BCUT2D eigenvalue weighted by atomic mass is 9.98. The molecule has 0 unspecified atom stereocenters. The van der Waals surface area contributed by atoms with E-state index in [1.54, 1.807) is 0 Å². The van der Waals surface area contributed by atoms with Gasteiger partial charge in [0.25, 0.3) is 0 Å². The van der Waals surface area contributed by atoms with Crippen LogP contribution in [0.1, 0.15) is 31.2 Å². The summed E-state index contributed by atoms with van der Waals surface area (Å²) in [6.07, 6.45) is 2.82. The molecule has 6 heteroatoms. The van der Waals surface area contributed by atoms with Gasteiger partial charge in [0.05, 0.1) is 6.61 Å². The molecule has 0 radical (unpaired) electrons. The predicted molar refractivity (Wildman–Crippen MR) is 135 cm³/mol. The second-order valence-electron chi connectivity index (χ2n) is 7.88. The Balaban J connectivity index is 1.52. The summed E-state index contributed by atoms with van der Waals surface area (Å²) in [4.78, 5) is 22.7.